The zero-order valence-corrected chi connectivity index (χ0v) is 10.9. The minimum Gasteiger partial charge on any atom is -0.312 e. The number of terminal acetylenes is 1. The monoisotopic (exact) mass is 210 g/mol. The second-order valence-electron chi connectivity index (χ2n) is 5.27. The zero-order chi connectivity index (χ0) is 11.9. The lowest BCUT2D eigenvalue weighted by Crippen LogP contribution is -2.41. The fourth-order valence-corrected chi connectivity index (χ4v) is 1.42. The van der Waals surface area contributed by atoms with E-state index in [9.17, 15) is 0 Å². The lowest BCUT2D eigenvalue weighted by molar-refractivity contribution is 0.260. The molecule has 2 nitrogen and oxygen atoms in total. The molecule has 0 spiro atoms. The number of hydrogen-bond acceptors (Lipinski definition) is 2. The molecule has 2 heteroatoms. The van der Waals surface area contributed by atoms with Crippen LogP contribution in [-0.4, -0.2) is 36.6 Å². The van der Waals surface area contributed by atoms with Crippen LogP contribution in [0, 0.1) is 18.3 Å². The third-order valence-electron chi connectivity index (χ3n) is 2.31. The van der Waals surface area contributed by atoms with Crippen molar-refractivity contribution < 1.29 is 0 Å². The van der Waals surface area contributed by atoms with Crippen LogP contribution in [0.3, 0.4) is 0 Å². The highest BCUT2D eigenvalue weighted by Crippen LogP contribution is 2.03. The van der Waals surface area contributed by atoms with Crippen LogP contribution in [0.4, 0.5) is 0 Å². The highest BCUT2D eigenvalue weighted by Gasteiger charge is 2.12. The first-order valence-corrected chi connectivity index (χ1v) is 5.80. The van der Waals surface area contributed by atoms with E-state index in [4.69, 9.17) is 6.42 Å². The van der Waals surface area contributed by atoms with Crippen LogP contribution in [0.25, 0.3) is 0 Å². The molecule has 0 radical (unpaired) electrons. The van der Waals surface area contributed by atoms with Gasteiger partial charge in [-0.2, -0.15) is 0 Å². The van der Waals surface area contributed by atoms with Crippen LogP contribution in [-0.2, 0) is 0 Å². The second-order valence-corrected chi connectivity index (χ2v) is 5.27. The Balaban J connectivity index is 3.81. The molecule has 0 aliphatic heterocycles. The summed E-state index contributed by atoms with van der Waals surface area (Å²) in [5.41, 5.74) is 0.206. The van der Waals surface area contributed by atoms with E-state index < -0.39 is 0 Å². The van der Waals surface area contributed by atoms with E-state index in [0.717, 1.165) is 26.2 Å². The molecule has 1 N–H and O–H groups in total. The molecule has 0 saturated carbocycles. The van der Waals surface area contributed by atoms with Crippen LogP contribution in [0.15, 0.2) is 0 Å². The van der Waals surface area contributed by atoms with Crippen LogP contribution in [0.1, 0.15) is 34.6 Å². The highest BCUT2D eigenvalue weighted by atomic mass is 15.1. The molecule has 88 valence electrons. The van der Waals surface area contributed by atoms with Crippen LogP contribution < -0.4 is 5.32 Å². The summed E-state index contributed by atoms with van der Waals surface area (Å²) in [7, 11) is 0. The second kappa shape index (κ2) is 6.87. The van der Waals surface area contributed by atoms with Gasteiger partial charge in [-0.1, -0.05) is 19.8 Å². The van der Waals surface area contributed by atoms with E-state index in [1.807, 2.05) is 0 Å². The van der Waals surface area contributed by atoms with Crippen molar-refractivity contribution in [2.75, 3.05) is 26.2 Å². The van der Waals surface area contributed by atoms with E-state index in [0.29, 0.717) is 5.92 Å². The van der Waals surface area contributed by atoms with Gasteiger partial charge in [0.25, 0.3) is 0 Å². The quantitative estimate of drug-likeness (QED) is 0.674. The molecule has 0 saturated heterocycles. The average Bonchev–Trinajstić information content (AvgIpc) is 2.13. The molecule has 0 fully saturated rings. The maximum atomic E-state index is 5.32. The average molecular weight is 210 g/mol. The summed E-state index contributed by atoms with van der Waals surface area (Å²) < 4.78 is 0. The number of nitrogens with zero attached hydrogens (tertiary/aromatic N) is 1. The Morgan fingerprint density at radius 1 is 1.40 bits per heavy atom. The summed E-state index contributed by atoms with van der Waals surface area (Å²) >= 11 is 0. The molecule has 0 heterocycles. The Morgan fingerprint density at radius 3 is 2.40 bits per heavy atom. The largest absolute Gasteiger partial charge is 0.312 e. The van der Waals surface area contributed by atoms with Crippen molar-refractivity contribution in [1.29, 1.82) is 0 Å². The minimum atomic E-state index is 0.206. The van der Waals surface area contributed by atoms with Gasteiger partial charge in [0.05, 0.1) is 6.54 Å². The molecule has 1 atom stereocenters. The molecule has 0 bridgehead atoms. The SMILES string of the molecule is C#CCN(CC)CC(C)CNC(C)(C)C. The van der Waals surface area contributed by atoms with E-state index in [-0.39, 0.29) is 5.54 Å². The van der Waals surface area contributed by atoms with Crippen molar-refractivity contribution in [1.82, 2.24) is 10.2 Å². The molecule has 1 unspecified atom stereocenters. The van der Waals surface area contributed by atoms with Crippen LogP contribution in [0.2, 0.25) is 0 Å². The summed E-state index contributed by atoms with van der Waals surface area (Å²) in [6.45, 7) is 14.9. The van der Waals surface area contributed by atoms with E-state index in [2.05, 4.69) is 50.8 Å². The van der Waals surface area contributed by atoms with Gasteiger partial charge in [0, 0.05) is 12.1 Å². The van der Waals surface area contributed by atoms with Crippen molar-refractivity contribution >= 4 is 0 Å². The summed E-state index contributed by atoms with van der Waals surface area (Å²) in [4.78, 5) is 2.30. The van der Waals surface area contributed by atoms with Gasteiger partial charge in [-0.3, -0.25) is 4.90 Å². The maximum absolute atomic E-state index is 5.32. The molecular weight excluding hydrogens is 184 g/mol. The van der Waals surface area contributed by atoms with Gasteiger partial charge in [0.15, 0.2) is 0 Å². The number of nitrogens with one attached hydrogen (secondary N) is 1. The van der Waals surface area contributed by atoms with Gasteiger partial charge < -0.3 is 5.32 Å². The third-order valence-corrected chi connectivity index (χ3v) is 2.31. The van der Waals surface area contributed by atoms with E-state index in [1.165, 1.54) is 0 Å². The van der Waals surface area contributed by atoms with Crippen molar-refractivity contribution in [3.05, 3.63) is 0 Å². The summed E-state index contributed by atoms with van der Waals surface area (Å²) in [5.74, 6) is 3.34. The van der Waals surface area contributed by atoms with Gasteiger partial charge >= 0.3 is 0 Å². The molecule has 0 aromatic heterocycles. The van der Waals surface area contributed by atoms with E-state index >= 15 is 0 Å². The number of rotatable bonds is 6. The lowest BCUT2D eigenvalue weighted by atomic mass is 10.1. The predicted molar refractivity (Wildman–Crippen MR) is 67.9 cm³/mol. The first-order valence-electron chi connectivity index (χ1n) is 5.80. The molecule has 0 aromatic carbocycles. The Morgan fingerprint density at radius 2 is 2.00 bits per heavy atom. The first-order chi connectivity index (χ1) is 6.89. The molecule has 0 rings (SSSR count). The maximum Gasteiger partial charge on any atom is 0.0598 e. The third kappa shape index (κ3) is 8.47. The van der Waals surface area contributed by atoms with Crippen LogP contribution in [0.5, 0.6) is 0 Å². The highest BCUT2D eigenvalue weighted by molar-refractivity contribution is 4.88. The van der Waals surface area contributed by atoms with Gasteiger partial charge in [0.1, 0.15) is 0 Å². The molecular formula is C13H26N2. The van der Waals surface area contributed by atoms with Gasteiger partial charge in [-0.15, -0.1) is 6.42 Å². The van der Waals surface area contributed by atoms with Crippen LogP contribution >= 0.6 is 0 Å². The van der Waals surface area contributed by atoms with Crippen molar-refractivity contribution in [3.63, 3.8) is 0 Å². The summed E-state index contributed by atoms with van der Waals surface area (Å²) in [6.07, 6.45) is 5.32. The normalized spacial score (nSPS) is 13.9. The Bertz CT molecular complexity index is 198. The zero-order valence-electron chi connectivity index (χ0n) is 10.9. The van der Waals surface area contributed by atoms with Gasteiger partial charge in [0.2, 0.25) is 0 Å². The smallest absolute Gasteiger partial charge is 0.0598 e. The lowest BCUT2D eigenvalue weighted by Gasteiger charge is -2.26. The fourth-order valence-electron chi connectivity index (χ4n) is 1.42. The van der Waals surface area contributed by atoms with Gasteiger partial charge in [-0.25, -0.2) is 0 Å². The predicted octanol–water partition coefficient (Wildman–Crippen LogP) is 1.97. The number of hydrogen-bond donors (Lipinski definition) is 1. The molecule has 15 heavy (non-hydrogen) atoms. The Kier molecular flexibility index (Phi) is 6.63. The topological polar surface area (TPSA) is 15.3 Å². The minimum absolute atomic E-state index is 0.206. The Hall–Kier alpha value is -0.520. The van der Waals surface area contributed by atoms with Crippen molar-refractivity contribution in [3.8, 4) is 12.3 Å². The Labute approximate surface area is 95.4 Å². The molecule has 0 aliphatic carbocycles. The molecule has 0 amide bonds. The molecule has 0 aromatic rings. The van der Waals surface area contributed by atoms with Crippen molar-refractivity contribution in [2.24, 2.45) is 5.92 Å². The summed E-state index contributed by atoms with van der Waals surface area (Å²) in [6, 6.07) is 0. The van der Waals surface area contributed by atoms with E-state index in [1.54, 1.807) is 0 Å². The summed E-state index contributed by atoms with van der Waals surface area (Å²) in [5, 5.41) is 3.51. The fraction of sp³-hybridized carbons (Fsp3) is 0.846. The van der Waals surface area contributed by atoms with Crippen molar-refractivity contribution in [2.45, 2.75) is 40.2 Å². The molecule has 0 aliphatic rings. The van der Waals surface area contributed by atoms with Gasteiger partial charge in [-0.05, 0) is 39.8 Å². The standard InChI is InChI=1S/C13H26N2/c1-7-9-15(8-2)11-12(3)10-14-13(4,5)6/h1,12,14H,8-11H2,2-6H3. The first kappa shape index (κ1) is 14.5.